The lowest BCUT2D eigenvalue weighted by Gasteiger charge is -2.38. The third kappa shape index (κ3) is 3.04. The highest BCUT2D eigenvalue weighted by molar-refractivity contribution is 6.34. The number of hydrogen-bond donors (Lipinski definition) is 1. The van der Waals surface area contributed by atoms with Gasteiger partial charge in [0.05, 0.1) is 16.4 Å². The molecule has 5 heteroatoms. The van der Waals surface area contributed by atoms with Crippen molar-refractivity contribution in [2.75, 3.05) is 41.7 Å². The number of para-hydroxylation sites is 1. The number of nitrogens with zero attached hydrogens (tertiary/aromatic N) is 2. The van der Waals surface area contributed by atoms with Crippen molar-refractivity contribution < 1.29 is 0 Å². The van der Waals surface area contributed by atoms with Crippen molar-refractivity contribution in [3.8, 4) is 0 Å². The van der Waals surface area contributed by atoms with Crippen molar-refractivity contribution in [2.45, 2.75) is 0 Å². The van der Waals surface area contributed by atoms with E-state index in [1.807, 2.05) is 30.3 Å². The maximum absolute atomic E-state index is 6.28. The fraction of sp³-hybridized carbons (Fsp3) is 0.250. The van der Waals surface area contributed by atoms with E-state index in [4.69, 9.17) is 28.9 Å². The second-order valence-corrected chi connectivity index (χ2v) is 5.97. The summed E-state index contributed by atoms with van der Waals surface area (Å²) in [5, 5.41) is 1.48. The number of nitrogens with two attached hydrogens (primary N) is 1. The Morgan fingerprint density at radius 2 is 1.43 bits per heavy atom. The maximum Gasteiger partial charge on any atom is 0.0790 e. The highest BCUT2D eigenvalue weighted by atomic mass is 35.5. The maximum atomic E-state index is 6.28. The van der Waals surface area contributed by atoms with Crippen LogP contribution < -0.4 is 15.5 Å². The molecule has 0 spiro atoms. The van der Waals surface area contributed by atoms with Crippen molar-refractivity contribution in [2.24, 2.45) is 0 Å². The van der Waals surface area contributed by atoms with Crippen LogP contribution in [0.1, 0.15) is 0 Å². The molecule has 0 aromatic heterocycles. The Bertz CT molecular complexity index is 600. The Morgan fingerprint density at radius 1 is 0.810 bits per heavy atom. The van der Waals surface area contributed by atoms with E-state index >= 15 is 0 Å². The third-order valence-corrected chi connectivity index (χ3v) is 4.36. The van der Waals surface area contributed by atoms with Crippen LogP contribution in [0, 0.1) is 0 Å². The minimum Gasteiger partial charge on any atom is -0.397 e. The van der Waals surface area contributed by atoms with Gasteiger partial charge in [-0.3, -0.25) is 0 Å². The summed E-state index contributed by atoms with van der Waals surface area (Å²) in [6, 6.07) is 13.6. The predicted molar refractivity (Wildman–Crippen MR) is 91.7 cm³/mol. The number of halogens is 2. The molecule has 0 amide bonds. The fourth-order valence-corrected chi connectivity index (χ4v) is 3.13. The number of hydrogen-bond acceptors (Lipinski definition) is 3. The molecule has 3 rings (SSSR count). The highest BCUT2D eigenvalue weighted by Crippen LogP contribution is 2.33. The second-order valence-electron chi connectivity index (χ2n) is 5.13. The molecule has 1 aliphatic heterocycles. The van der Waals surface area contributed by atoms with E-state index in [9.17, 15) is 0 Å². The zero-order valence-corrected chi connectivity index (χ0v) is 13.1. The highest BCUT2D eigenvalue weighted by Gasteiger charge is 2.20. The zero-order valence-electron chi connectivity index (χ0n) is 11.6. The zero-order chi connectivity index (χ0) is 14.8. The van der Waals surface area contributed by atoms with Crippen molar-refractivity contribution >= 4 is 40.3 Å². The summed E-state index contributed by atoms with van der Waals surface area (Å²) in [5.41, 5.74) is 8.95. The summed E-state index contributed by atoms with van der Waals surface area (Å²) in [6.45, 7) is 3.67. The SMILES string of the molecule is Nc1cccc(Cl)c1N1CCN(c2ccc(Cl)cc2)CC1. The minimum absolute atomic E-state index is 0.718. The summed E-state index contributed by atoms with van der Waals surface area (Å²) in [7, 11) is 0. The lowest BCUT2D eigenvalue weighted by molar-refractivity contribution is 0.654. The first-order valence-corrected chi connectivity index (χ1v) is 7.70. The van der Waals surface area contributed by atoms with E-state index in [0.29, 0.717) is 0 Å². The van der Waals surface area contributed by atoms with E-state index in [1.54, 1.807) is 0 Å². The largest absolute Gasteiger partial charge is 0.397 e. The first-order valence-electron chi connectivity index (χ1n) is 6.94. The van der Waals surface area contributed by atoms with Crippen LogP contribution in [-0.2, 0) is 0 Å². The molecule has 0 bridgehead atoms. The average molecular weight is 322 g/mol. The van der Waals surface area contributed by atoms with Crippen molar-refractivity contribution in [3.63, 3.8) is 0 Å². The molecule has 1 heterocycles. The molecule has 2 aromatic rings. The smallest absolute Gasteiger partial charge is 0.0790 e. The van der Waals surface area contributed by atoms with Gasteiger partial charge in [-0.1, -0.05) is 29.3 Å². The van der Waals surface area contributed by atoms with Gasteiger partial charge in [-0.2, -0.15) is 0 Å². The molecular formula is C16H17Cl2N3. The molecule has 1 saturated heterocycles. The van der Waals surface area contributed by atoms with Gasteiger partial charge in [-0.15, -0.1) is 0 Å². The Kier molecular flexibility index (Phi) is 4.13. The molecule has 0 saturated carbocycles. The summed E-state index contributed by atoms with van der Waals surface area (Å²) >= 11 is 12.2. The van der Waals surface area contributed by atoms with Gasteiger partial charge in [0.2, 0.25) is 0 Å². The molecule has 0 aliphatic carbocycles. The van der Waals surface area contributed by atoms with Crippen LogP contribution in [0.3, 0.4) is 0 Å². The Hall–Kier alpha value is -1.58. The first-order chi connectivity index (χ1) is 10.1. The lowest BCUT2D eigenvalue weighted by Crippen LogP contribution is -2.46. The number of piperazine rings is 1. The molecule has 3 nitrogen and oxygen atoms in total. The lowest BCUT2D eigenvalue weighted by atomic mass is 10.2. The number of nitrogen functional groups attached to an aromatic ring is 1. The molecule has 0 atom stereocenters. The normalized spacial score (nSPS) is 15.3. The quantitative estimate of drug-likeness (QED) is 0.851. The Morgan fingerprint density at radius 3 is 2.05 bits per heavy atom. The van der Waals surface area contributed by atoms with Gasteiger partial charge in [0.1, 0.15) is 0 Å². The van der Waals surface area contributed by atoms with E-state index in [1.165, 1.54) is 5.69 Å². The summed E-state index contributed by atoms with van der Waals surface area (Å²) < 4.78 is 0. The van der Waals surface area contributed by atoms with E-state index in [2.05, 4.69) is 21.9 Å². The van der Waals surface area contributed by atoms with Crippen LogP contribution in [0.25, 0.3) is 0 Å². The first kappa shape index (κ1) is 14.4. The Labute approximate surface area is 134 Å². The molecule has 2 aromatic carbocycles. The standard InChI is InChI=1S/C16H17Cl2N3/c17-12-4-6-13(7-5-12)20-8-10-21(11-9-20)16-14(18)2-1-3-15(16)19/h1-7H,8-11,19H2. The van der Waals surface area contributed by atoms with Crippen molar-refractivity contribution in [1.29, 1.82) is 0 Å². The molecule has 1 aliphatic rings. The van der Waals surface area contributed by atoms with Crippen LogP contribution in [0.5, 0.6) is 0 Å². The van der Waals surface area contributed by atoms with Gasteiger partial charge in [-0.05, 0) is 36.4 Å². The summed E-state index contributed by atoms with van der Waals surface area (Å²) in [6.07, 6.45) is 0. The molecule has 1 fully saturated rings. The minimum atomic E-state index is 0.718. The monoisotopic (exact) mass is 321 g/mol. The molecule has 21 heavy (non-hydrogen) atoms. The van der Waals surface area contributed by atoms with Gasteiger partial charge in [0, 0.05) is 36.9 Å². The topological polar surface area (TPSA) is 32.5 Å². The predicted octanol–water partition coefficient (Wildman–Crippen LogP) is 3.90. The fourth-order valence-electron chi connectivity index (χ4n) is 2.71. The molecule has 0 radical (unpaired) electrons. The molecule has 110 valence electrons. The van der Waals surface area contributed by atoms with Gasteiger partial charge >= 0.3 is 0 Å². The van der Waals surface area contributed by atoms with Crippen LogP contribution in [0.2, 0.25) is 10.0 Å². The van der Waals surface area contributed by atoms with Gasteiger partial charge in [0.25, 0.3) is 0 Å². The second kappa shape index (κ2) is 6.04. The van der Waals surface area contributed by atoms with Gasteiger partial charge in [-0.25, -0.2) is 0 Å². The molecular weight excluding hydrogens is 305 g/mol. The van der Waals surface area contributed by atoms with E-state index in [-0.39, 0.29) is 0 Å². The van der Waals surface area contributed by atoms with Gasteiger partial charge in [0.15, 0.2) is 0 Å². The summed E-state index contributed by atoms with van der Waals surface area (Å²) in [4.78, 5) is 4.60. The van der Waals surface area contributed by atoms with Crippen LogP contribution in [0.15, 0.2) is 42.5 Å². The van der Waals surface area contributed by atoms with Crippen molar-refractivity contribution in [3.05, 3.63) is 52.5 Å². The van der Waals surface area contributed by atoms with Crippen LogP contribution in [0.4, 0.5) is 17.1 Å². The number of rotatable bonds is 2. The third-order valence-electron chi connectivity index (χ3n) is 3.81. The van der Waals surface area contributed by atoms with E-state index in [0.717, 1.165) is 47.6 Å². The van der Waals surface area contributed by atoms with Crippen LogP contribution in [-0.4, -0.2) is 26.2 Å². The average Bonchev–Trinajstić information content (AvgIpc) is 2.49. The molecule has 0 unspecified atom stereocenters. The van der Waals surface area contributed by atoms with Gasteiger partial charge < -0.3 is 15.5 Å². The Balaban J connectivity index is 1.72. The van der Waals surface area contributed by atoms with Crippen molar-refractivity contribution in [1.82, 2.24) is 0 Å². The number of anilines is 3. The summed E-state index contributed by atoms with van der Waals surface area (Å²) in [5.74, 6) is 0. The van der Waals surface area contributed by atoms with Crippen LogP contribution >= 0.6 is 23.2 Å². The van der Waals surface area contributed by atoms with E-state index < -0.39 is 0 Å². The molecule has 2 N–H and O–H groups in total. The number of benzene rings is 2.